The van der Waals surface area contributed by atoms with E-state index in [9.17, 15) is 0 Å². The van der Waals surface area contributed by atoms with Crippen molar-refractivity contribution in [2.45, 2.75) is 0 Å². The topological polar surface area (TPSA) is 0 Å². The normalized spacial score (nSPS) is 0. The van der Waals surface area contributed by atoms with Crippen molar-refractivity contribution >= 4 is 13.5 Å². The van der Waals surface area contributed by atoms with Gasteiger partial charge in [-0.05, 0) is 0 Å². The number of halogens is 2. The molecular weight excluding hydrogens is 162 g/mol. The Kier molecular flexibility index (Phi) is 335. The summed E-state index contributed by atoms with van der Waals surface area (Å²) in [6.45, 7) is 0. The minimum atomic E-state index is 0. The Morgan fingerprint density at radius 1 is 0.750 bits per heavy atom. The summed E-state index contributed by atoms with van der Waals surface area (Å²) < 4.78 is 0. The van der Waals surface area contributed by atoms with E-state index in [-0.39, 0.29) is 54.8 Å². The number of hydrogen-bond donors (Lipinski definition) is 0. The first-order valence-electron chi connectivity index (χ1n) is 0. The van der Waals surface area contributed by atoms with E-state index in [2.05, 4.69) is 0 Å². The average Bonchev–Trinajstić information content (AvgIpc) is 0. The van der Waals surface area contributed by atoms with E-state index in [0.29, 0.717) is 0 Å². The molecule has 0 aliphatic heterocycles. The molecule has 32 valence electrons. The zero-order valence-corrected chi connectivity index (χ0v) is 5.07. The summed E-state index contributed by atoms with van der Waals surface area (Å²) in [7, 11) is 0. The van der Waals surface area contributed by atoms with E-state index in [1.807, 2.05) is 0 Å². The summed E-state index contributed by atoms with van der Waals surface area (Å²) in [4.78, 5) is 0. The zero-order valence-electron chi connectivity index (χ0n) is 1.57. The first-order chi connectivity index (χ1) is 0. The third-order valence-electron chi connectivity index (χ3n) is 0. The largest absolute Gasteiger partial charge is 2.00 e. The van der Waals surface area contributed by atoms with Crippen molar-refractivity contribution in [3.63, 3.8) is 0 Å². The van der Waals surface area contributed by atoms with Gasteiger partial charge in [0.2, 0.25) is 0 Å². The molecule has 0 aromatic carbocycles. The fraction of sp³-hybridized carbons (Fsp3) is 0. The minimum Gasteiger partial charge on any atom is -1.00 e. The van der Waals surface area contributed by atoms with E-state index in [1.54, 1.807) is 0 Å². The molecule has 4 heteroatoms. The number of rotatable bonds is 0. The molecule has 0 rings (SSSR count). The van der Waals surface area contributed by atoms with Gasteiger partial charge in [-0.2, -0.15) is 13.5 Å². The molecule has 0 spiro atoms. The van der Waals surface area contributed by atoms with Crippen LogP contribution >= 0.6 is 13.5 Å². The first-order valence-corrected chi connectivity index (χ1v) is 0. The third kappa shape index (κ3) is 9.92. The maximum atomic E-state index is 0. The van der Waals surface area contributed by atoms with Crippen molar-refractivity contribution in [3.8, 4) is 0 Å². The van der Waals surface area contributed by atoms with Crippen LogP contribution in [-0.2, 0) is 16.5 Å². The second-order valence-corrected chi connectivity index (χ2v) is 0. The smallest absolute Gasteiger partial charge is 1.00 e. The molecule has 0 radical (unpaired) electrons. The molecule has 0 aliphatic rings. The molecule has 0 unspecified atom stereocenters. The Morgan fingerprint density at radius 2 is 0.750 bits per heavy atom. The van der Waals surface area contributed by atoms with Gasteiger partial charge in [-0.3, -0.25) is 0 Å². The maximum Gasteiger partial charge on any atom is 2.00 e. The van der Waals surface area contributed by atoms with Crippen LogP contribution in [0, 0.1) is 0 Å². The van der Waals surface area contributed by atoms with Gasteiger partial charge in [-0.15, -0.1) is 0 Å². The van der Waals surface area contributed by atoms with Gasteiger partial charge in [0.15, 0.2) is 0 Å². The Bertz CT molecular complexity index is 6.00. The van der Waals surface area contributed by atoms with E-state index in [0.717, 1.165) is 0 Å². The van der Waals surface area contributed by atoms with Crippen molar-refractivity contribution in [2.75, 3.05) is 0 Å². The van der Waals surface area contributed by atoms with Crippen LogP contribution in [0.2, 0.25) is 0 Å². The van der Waals surface area contributed by atoms with Crippen molar-refractivity contribution in [1.29, 1.82) is 0 Å². The van der Waals surface area contributed by atoms with Crippen LogP contribution in [0.4, 0.5) is 0 Å². The van der Waals surface area contributed by atoms with Crippen LogP contribution in [-0.4, -0.2) is 0 Å². The molecule has 0 bridgehead atoms. The van der Waals surface area contributed by atoms with Crippen LogP contribution in [0.1, 0.15) is 0 Å². The van der Waals surface area contributed by atoms with Gasteiger partial charge < -0.3 is 24.8 Å². The van der Waals surface area contributed by atoms with Crippen molar-refractivity contribution in [1.82, 2.24) is 0 Å². The molecule has 0 N–H and O–H groups in total. The molecular formula is H2Cl2NiS. The Hall–Kier alpha value is 1.42. The van der Waals surface area contributed by atoms with Gasteiger partial charge in [-0.25, -0.2) is 0 Å². The molecule has 0 aromatic heterocycles. The molecule has 0 aliphatic carbocycles. The molecule has 0 aromatic rings. The SMILES string of the molecule is S.[Cl-].[Cl-].[Ni+2]. The zero-order chi connectivity index (χ0) is 0. The van der Waals surface area contributed by atoms with Gasteiger partial charge in [0.25, 0.3) is 0 Å². The Labute approximate surface area is 54.9 Å². The maximum absolute atomic E-state index is 0. The van der Waals surface area contributed by atoms with Gasteiger partial charge >= 0.3 is 16.5 Å². The fourth-order valence-corrected chi connectivity index (χ4v) is 0. The molecule has 0 heterocycles. The Morgan fingerprint density at radius 3 is 0.750 bits per heavy atom. The van der Waals surface area contributed by atoms with Crippen LogP contribution in [0.5, 0.6) is 0 Å². The predicted octanol–water partition coefficient (Wildman–Crippen LogP) is -5.88. The van der Waals surface area contributed by atoms with E-state index >= 15 is 0 Å². The van der Waals surface area contributed by atoms with Gasteiger partial charge in [0.1, 0.15) is 0 Å². The monoisotopic (exact) mass is 162 g/mol. The number of hydrogen-bond acceptors (Lipinski definition) is 0. The predicted molar refractivity (Wildman–Crippen MR) is 10.4 cm³/mol. The summed E-state index contributed by atoms with van der Waals surface area (Å²) >= 11 is 0. The van der Waals surface area contributed by atoms with Crippen LogP contribution in [0.25, 0.3) is 0 Å². The average molecular weight is 164 g/mol. The molecule has 0 fully saturated rings. The van der Waals surface area contributed by atoms with Gasteiger partial charge in [0.05, 0.1) is 0 Å². The standard InChI is InChI=1S/2ClH.Ni.H2S/h2*1H;;1H2/q;;+2;/p-2. The molecule has 0 amide bonds. The van der Waals surface area contributed by atoms with Crippen LogP contribution in [0.15, 0.2) is 0 Å². The fourth-order valence-electron chi connectivity index (χ4n) is 0. The van der Waals surface area contributed by atoms with Gasteiger partial charge in [0, 0.05) is 0 Å². The van der Waals surface area contributed by atoms with Gasteiger partial charge in [-0.1, -0.05) is 0 Å². The summed E-state index contributed by atoms with van der Waals surface area (Å²) in [5.74, 6) is 0. The molecule has 0 atom stereocenters. The summed E-state index contributed by atoms with van der Waals surface area (Å²) in [5.41, 5.74) is 0. The molecule has 0 saturated carbocycles. The van der Waals surface area contributed by atoms with Crippen molar-refractivity contribution < 1.29 is 41.3 Å². The van der Waals surface area contributed by atoms with E-state index in [1.165, 1.54) is 0 Å². The second-order valence-electron chi connectivity index (χ2n) is 0. The van der Waals surface area contributed by atoms with Crippen LogP contribution < -0.4 is 24.8 Å². The third-order valence-corrected chi connectivity index (χ3v) is 0. The quantitative estimate of drug-likeness (QED) is 0.312. The van der Waals surface area contributed by atoms with Crippen LogP contribution in [0.3, 0.4) is 0 Å². The molecule has 4 heavy (non-hydrogen) atoms. The van der Waals surface area contributed by atoms with E-state index in [4.69, 9.17) is 0 Å². The summed E-state index contributed by atoms with van der Waals surface area (Å²) in [6, 6.07) is 0. The summed E-state index contributed by atoms with van der Waals surface area (Å²) in [6.07, 6.45) is 0. The van der Waals surface area contributed by atoms with Crippen molar-refractivity contribution in [3.05, 3.63) is 0 Å². The molecule has 0 nitrogen and oxygen atoms in total. The minimum absolute atomic E-state index is 0. The second kappa shape index (κ2) is 25.6. The first kappa shape index (κ1) is 52.4. The van der Waals surface area contributed by atoms with E-state index < -0.39 is 0 Å². The summed E-state index contributed by atoms with van der Waals surface area (Å²) in [5, 5.41) is 0. The Balaban J connectivity index is 0. The van der Waals surface area contributed by atoms with Crippen molar-refractivity contribution in [2.24, 2.45) is 0 Å². The molecule has 0 saturated heterocycles.